The van der Waals surface area contributed by atoms with Crippen LogP contribution >= 0.6 is 11.8 Å². The van der Waals surface area contributed by atoms with Gasteiger partial charge in [-0.2, -0.15) is 0 Å². The fraction of sp³-hybridized carbons (Fsp3) is 0.318. The molecule has 1 unspecified atom stereocenters. The molecule has 0 radical (unpaired) electrons. The van der Waals surface area contributed by atoms with Crippen LogP contribution in [0.25, 0.3) is 0 Å². The van der Waals surface area contributed by atoms with Crippen molar-refractivity contribution in [1.29, 1.82) is 0 Å². The summed E-state index contributed by atoms with van der Waals surface area (Å²) in [5.74, 6) is -4.35. The number of aliphatic carboxylic acids is 3. The van der Waals surface area contributed by atoms with E-state index in [9.17, 15) is 4.79 Å². The van der Waals surface area contributed by atoms with E-state index in [1.54, 1.807) is 0 Å². The van der Waals surface area contributed by atoms with Crippen LogP contribution in [0.3, 0.4) is 0 Å². The van der Waals surface area contributed by atoms with Crippen LogP contribution < -0.4 is 4.90 Å². The Morgan fingerprint density at radius 3 is 2.23 bits per heavy atom. The lowest BCUT2D eigenvalue weighted by molar-refractivity contribution is -0.159. The van der Waals surface area contributed by atoms with Crippen LogP contribution in [0.15, 0.2) is 58.3 Å². The van der Waals surface area contributed by atoms with Gasteiger partial charge in [0.15, 0.2) is 0 Å². The Morgan fingerprint density at radius 1 is 0.903 bits per heavy atom. The molecule has 1 fully saturated rings. The number of carboxylic acid groups (broad SMARTS) is 3. The Hall–Kier alpha value is -3.04. The molecule has 164 valence electrons. The first-order valence-corrected chi connectivity index (χ1v) is 10.7. The molecule has 8 nitrogen and oxygen atoms in total. The highest BCUT2D eigenvalue weighted by Crippen LogP contribution is 2.46. The molecule has 0 aromatic heterocycles. The lowest BCUT2D eigenvalue weighted by Gasteiger charge is -2.43. The van der Waals surface area contributed by atoms with E-state index in [-0.39, 0.29) is 6.42 Å². The third kappa shape index (κ3) is 5.77. The Labute approximate surface area is 184 Å². The summed E-state index contributed by atoms with van der Waals surface area (Å²) in [5.41, 5.74) is 2.70. The average molecular weight is 445 g/mol. The van der Waals surface area contributed by atoms with E-state index < -0.39 is 17.9 Å². The van der Waals surface area contributed by atoms with E-state index >= 15 is 0 Å². The molecule has 1 atom stereocenters. The van der Waals surface area contributed by atoms with Gasteiger partial charge in [-0.3, -0.25) is 9.69 Å². The van der Waals surface area contributed by atoms with E-state index in [1.165, 1.54) is 21.0 Å². The number of carbonyl (C=O) groups is 3. The third-order valence-electron chi connectivity index (χ3n) is 5.19. The largest absolute Gasteiger partial charge is 0.481 e. The zero-order valence-electron chi connectivity index (χ0n) is 16.8. The molecule has 2 aliphatic heterocycles. The van der Waals surface area contributed by atoms with Crippen LogP contribution in [0, 0.1) is 0 Å². The molecule has 2 aromatic carbocycles. The summed E-state index contributed by atoms with van der Waals surface area (Å²) in [7, 11) is 0. The molecule has 2 aromatic rings. The van der Waals surface area contributed by atoms with Crippen LogP contribution in [0.5, 0.6) is 0 Å². The van der Waals surface area contributed by atoms with E-state index in [0.29, 0.717) is 6.04 Å². The number of hydrogen-bond donors (Lipinski definition) is 3. The first kappa shape index (κ1) is 22.6. The summed E-state index contributed by atoms with van der Waals surface area (Å²) in [6, 6.07) is 17.7. The van der Waals surface area contributed by atoms with Crippen LogP contribution in [-0.2, 0) is 14.4 Å². The van der Waals surface area contributed by atoms with Gasteiger partial charge in [0.05, 0.1) is 11.7 Å². The SMILES string of the molecule is O=C(O)C(=O)O.O=C(O)CCCN1CCN2c3ccccc3Sc3ccccc3C2C1. The number of hydrogen-bond acceptors (Lipinski definition) is 6. The average Bonchev–Trinajstić information content (AvgIpc) is 2.88. The minimum Gasteiger partial charge on any atom is -0.481 e. The highest BCUT2D eigenvalue weighted by atomic mass is 32.2. The van der Waals surface area contributed by atoms with Gasteiger partial charge < -0.3 is 20.2 Å². The number of benzene rings is 2. The van der Waals surface area contributed by atoms with E-state index in [2.05, 4.69) is 58.3 Å². The van der Waals surface area contributed by atoms with Gasteiger partial charge in [0.2, 0.25) is 0 Å². The third-order valence-corrected chi connectivity index (χ3v) is 6.34. The normalized spacial score (nSPS) is 17.2. The molecule has 2 aliphatic rings. The smallest absolute Gasteiger partial charge is 0.414 e. The fourth-order valence-electron chi connectivity index (χ4n) is 3.80. The second kappa shape index (κ2) is 10.3. The predicted molar refractivity (Wildman–Crippen MR) is 116 cm³/mol. The van der Waals surface area contributed by atoms with Crippen molar-refractivity contribution >= 4 is 35.4 Å². The number of piperazine rings is 1. The summed E-state index contributed by atoms with van der Waals surface area (Å²) in [4.78, 5) is 36.6. The van der Waals surface area contributed by atoms with Crippen molar-refractivity contribution in [3.8, 4) is 0 Å². The van der Waals surface area contributed by atoms with Crippen LogP contribution in [-0.4, -0.2) is 64.3 Å². The molecular formula is C22H24N2O6S. The summed E-state index contributed by atoms with van der Waals surface area (Å²) < 4.78 is 0. The molecule has 1 saturated heterocycles. The molecule has 0 bridgehead atoms. The van der Waals surface area contributed by atoms with Crippen LogP contribution in [0.4, 0.5) is 5.69 Å². The maximum atomic E-state index is 10.8. The quantitative estimate of drug-likeness (QED) is 0.612. The van der Waals surface area contributed by atoms with Gasteiger partial charge in [-0.15, -0.1) is 0 Å². The second-order valence-corrected chi connectivity index (χ2v) is 8.31. The van der Waals surface area contributed by atoms with Crippen molar-refractivity contribution in [2.75, 3.05) is 31.1 Å². The Morgan fingerprint density at radius 2 is 1.55 bits per heavy atom. The van der Waals surface area contributed by atoms with Crippen molar-refractivity contribution in [3.63, 3.8) is 0 Å². The van der Waals surface area contributed by atoms with Crippen molar-refractivity contribution < 1.29 is 29.7 Å². The Kier molecular flexibility index (Phi) is 7.54. The fourth-order valence-corrected chi connectivity index (χ4v) is 4.94. The Bertz CT molecular complexity index is 955. The van der Waals surface area contributed by atoms with Gasteiger partial charge in [0.1, 0.15) is 0 Å². The number of fused-ring (bicyclic) bond motifs is 5. The molecule has 9 heteroatoms. The highest BCUT2D eigenvalue weighted by Gasteiger charge is 2.33. The predicted octanol–water partition coefficient (Wildman–Crippen LogP) is 3.03. The molecule has 31 heavy (non-hydrogen) atoms. The van der Waals surface area contributed by atoms with Crippen molar-refractivity contribution in [2.24, 2.45) is 0 Å². The lowest BCUT2D eigenvalue weighted by atomic mass is 10.0. The van der Waals surface area contributed by atoms with Gasteiger partial charge in [-0.1, -0.05) is 42.1 Å². The monoisotopic (exact) mass is 444 g/mol. The van der Waals surface area contributed by atoms with Gasteiger partial charge in [0, 0.05) is 35.8 Å². The number of para-hydroxylation sites is 1. The zero-order valence-corrected chi connectivity index (χ0v) is 17.6. The van der Waals surface area contributed by atoms with Crippen molar-refractivity contribution in [3.05, 3.63) is 54.1 Å². The summed E-state index contributed by atoms with van der Waals surface area (Å²) >= 11 is 1.85. The number of rotatable bonds is 4. The lowest BCUT2D eigenvalue weighted by Crippen LogP contribution is -2.48. The van der Waals surface area contributed by atoms with E-state index in [0.717, 1.165) is 32.6 Å². The maximum absolute atomic E-state index is 10.8. The molecule has 4 rings (SSSR count). The summed E-state index contributed by atoms with van der Waals surface area (Å²) in [6.45, 7) is 3.76. The summed E-state index contributed by atoms with van der Waals surface area (Å²) in [6.07, 6.45) is 0.967. The minimum absolute atomic E-state index is 0.250. The number of carboxylic acids is 3. The first-order chi connectivity index (χ1) is 14.9. The second-order valence-electron chi connectivity index (χ2n) is 7.23. The number of nitrogens with zero attached hydrogens (tertiary/aromatic N) is 2. The molecule has 0 aliphatic carbocycles. The number of anilines is 1. The molecule has 3 N–H and O–H groups in total. The zero-order chi connectivity index (χ0) is 22.4. The minimum atomic E-state index is -1.82. The molecule has 0 amide bonds. The molecular weight excluding hydrogens is 420 g/mol. The van der Waals surface area contributed by atoms with Gasteiger partial charge in [-0.05, 0) is 36.7 Å². The summed E-state index contributed by atoms with van der Waals surface area (Å²) in [5, 5.41) is 23.7. The molecule has 0 saturated carbocycles. The van der Waals surface area contributed by atoms with Gasteiger partial charge >= 0.3 is 17.9 Å². The van der Waals surface area contributed by atoms with Gasteiger partial charge in [-0.25, -0.2) is 9.59 Å². The maximum Gasteiger partial charge on any atom is 0.414 e. The van der Waals surface area contributed by atoms with Crippen molar-refractivity contribution in [1.82, 2.24) is 4.90 Å². The highest BCUT2D eigenvalue weighted by molar-refractivity contribution is 7.99. The first-order valence-electron chi connectivity index (χ1n) is 9.89. The standard InChI is InChI=1S/C20H22N2O2S.C2H2O4/c23-20(24)10-5-11-21-12-13-22-16-7-2-4-9-19(16)25-18-8-3-1-6-15(18)17(22)14-21;3-1(4)2(5)6/h1-4,6-9,17H,5,10-14H2,(H,23,24);(H,3,4)(H,5,6). The Balaban J connectivity index is 0.000000401. The van der Waals surface area contributed by atoms with Crippen molar-refractivity contribution in [2.45, 2.75) is 28.7 Å². The topological polar surface area (TPSA) is 118 Å². The van der Waals surface area contributed by atoms with E-state index in [1.807, 2.05) is 11.8 Å². The molecule has 2 heterocycles. The van der Waals surface area contributed by atoms with E-state index in [4.69, 9.17) is 24.9 Å². The molecule has 0 spiro atoms. The van der Waals surface area contributed by atoms with Crippen LogP contribution in [0.2, 0.25) is 0 Å². The van der Waals surface area contributed by atoms with Gasteiger partial charge in [0.25, 0.3) is 0 Å². The van der Waals surface area contributed by atoms with Crippen LogP contribution in [0.1, 0.15) is 24.4 Å².